The predicted molar refractivity (Wildman–Crippen MR) is 45.7 cm³/mol. The van der Waals surface area contributed by atoms with Gasteiger partial charge in [-0.25, -0.2) is 0 Å². The molecule has 0 spiro atoms. The van der Waals surface area contributed by atoms with Gasteiger partial charge in [-0.2, -0.15) is 17.6 Å². The van der Waals surface area contributed by atoms with Crippen molar-refractivity contribution in [2.24, 2.45) is 0 Å². The molecule has 0 unspecified atom stereocenters. The average Bonchev–Trinajstić information content (AvgIpc) is 2.02. The molecule has 0 atom stereocenters. The van der Waals surface area contributed by atoms with Crippen LogP contribution in [-0.4, -0.2) is 10.5 Å². The smallest absolute Gasteiger partial charge is 0.193 e. The van der Waals surface area contributed by atoms with Crippen LogP contribution in [0.3, 0.4) is 0 Å². The first-order valence-corrected chi connectivity index (χ1v) is 5.60. The Hall–Kier alpha value is 0.420. The number of halogens is 4. The van der Waals surface area contributed by atoms with E-state index < -0.39 is 23.4 Å². The molecule has 0 saturated carbocycles. The molecule has 6 heteroatoms. The Kier molecular flexibility index (Phi) is 4.76. The van der Waals surface area contributed by atoms with Gasteiger partial charge in [0, 0.05) is 12.8 Å². The molecule has 0 aromatic carbocycles. The van der Waals surface area contributed by atoms with E-state index >= 15 is 0 Å². The summed E-state index contributed by atoms with van der Waals surface area (Å²) in [5.41, 5.74) is 0. The van der Waals surface area contributed by atoms with Gasteiger partial charge < -0.3 is 0 Å². The third-order valence-corrected chi connectivity index (χ3v) is 3.97. The van der Waals surface area contributed by atoms with Crippen LogP contribution in [-0.2, 0) is 0 Å². The van der Waals surface area contributed by atoms with Gasteiger partial charge in [-0.3, -0.25) is 0 Å². The van der Waals surface area contributed by atoms with Gasteiger partial charge in [0.05, 0.1) is 0 Å². The maximum atomic E-state index is 12.4. The Bertz CT molecular complexity index is 122. The van der Waals surface area contributed by atoms with E-state index in [1.807, 2.05) is 0 Å². The minimum atomic E-state index is -3.05. The van der Waals surface area contributed by atoms with E-state index in [4.69, 9.17) is 0 Å². The molecule has 0 aromatic rings. The second-order valence-electron chi connectivity index (χ2n) is 2.15. The molecular formula is C6H10F4S2. The highest BCUT2D eigenvalue weighted by atomic mass is 33.1. The van der Waals surface area contributed by atoms with Crippen molar-refractivity contribution in [3.05, 3.63) is 0 Å². The van der Waals surface area contributed by atoms with Gasteiger partial charge in [-0.15, -0.1) is 0 Å². The van der Waals surface area contributed by atoms with Crippen LogP contribution in [0.15, 0.2) is 0 Å². The van der Waals surface area contributed by atoms with Crippen molar-refractivity contribution >= 4 is 21.6 Å². The van der Waals surface area contributed by atoms with Crippen LogP contribution in [0, 0.1) is 0 Å². The molecule has 0 rings (SSSR count). The summed E-state index contributed by atoms with van der Waals surface area (Å²) in [6.45, 7) is 2.52. The molecule has 0 aliphatic carbocycles. The van der Waals surface area contributed by atoms with E-state index in [1.165, 1.54) is 13.8 Å². The van der Waals surface area contributed by atoms with Gasteiger partial charge >= 0.3 is 10.5 Å². The summed E-state index contributed by atoms with van der Waals surface area (Å²) in [4.78, 5) is 0. The van der Waals surface area contributed by atoms with Crippen LogP contribution < -0.4 is 0 Å². The quantitative estimate of drug-likeness (QED) is 0.500. The van der Waals surface area contributed by atoms with Gasteiger partial charge in [0.15, 0.2) is 0 Å². The Labute approximate surface area is 76.9 Å². The highest BCUT2D eigenvalue weighted by Gasteiger charge is 2.35. The van der Waals surface area contributed by atoms with Crippen molar-refractivity contribution in [3.63, 3.8) is 0 Å². The number of hydrogen-bond acceptors (Lipinski definition) is 2. The minimum absolute atomic E-state index is 0.0564. The van der Waals surface area contributed by atoms with Crippen LogP contribution in [0.2, 0.25) is 0 Å². The van der Waals surface area contributed by atoms with Gasteiger partial charge in [0.1, 0.15) is 0 Å². The molecule has 0 aliphatic rings. The lowest BCUT2D eigenvalue weighted by Gasteiger charge is -2.16. The number of rotatable bonds is 5. The van der Waals surface area contributed by atoms with Gasteiger partial charge in [-0.1, -0.05) is 13.8 Å². The molecule has 0 heterocycles. The number of alkyl halides is 4. The average molecular weight is 222 g/mol. The Balaban J connectivity index is 3.82. The fourth-order valence-electron chi connectivity index (χ4n) is 0.240. The summed E-state index contributed by atoms with van der Waals surface area (Å²) < 4.78 is 49.7. The maximum Gasteiger partial charge on any atom is 0.303 e. The molecule has 0 saturated heterocycles. The minimum Gasteiger partial charge on any atom is -0.193 e. The molecule has 12 heavy (non-hydrogen) atoms. The monoisotopic (exact) mass is 222 g/mol. The van der Waals surface area contributed by atoms with Crippen LogP contribution in [0.4, 0.5) is 17.6 Å². The molecule has 74 valence electrons. The lowest BCUT2D eigenvalue weighted by molar-refractivity contribution is 0.0975. The summed E-state index contributed by atoms with van der Waals surface area (Å²) >= 11 is 0. The van der Waals surface area contributed by atoms with Crippen LogP contribution >= 0.6 is 21.6 Å². The normalized spacial score (nSPS) is 13.5. The molecule has 0 fully saturated rings. The highest BCUT2D eigenvalue weighted by molar-refractivity contribution is 8.77. The van der Waals surface area contributed by atoms with Crippen molar-refractivity contribution < 1.29 is 17.6 Å². The van der Waals surface area contributed by atoms with E-state index in [2.05, 4.69) is 0 Å². The summed E-state index contributed by atoms with van der Waals surface area (Å²) in [5.74, 6) is 0. The van der Waals surface area contributed by atoms with Crippen molar-refractivity contribution in [3.8, 4) is 0 Å². The fraction of sp³-hybridized carbons (Fsp3) is 1.00. The molecular weight excluding hydrogens is 212 g/mol. The Morgan fingerprint density at radius 2 is 1.08 bits per heavy atom. The lowest BCUT2D eigenvalue weighted by atomic mass is 10.5. The lowest BCUT2D eigenvalue weighted by Crippen LogP contribution is -2.11. The summed E-state index contributed by atoms with van der Waals surface area (Å²) in [5, 5.41) is -6.10. The molecule has 0 aliphatic heterocycles. The van der Waals surface area contributed by atoms with Crippen LogP contribution in [0.25, 0.3) is 0 Å². The zero-order chi connectivity index (χ0) is 9.83. The van der Waals surface area contributed by atoms with Gasteiger partial charge in [-0.05, 0) is 21.6 Å². The van der Waals surface area contributed by atoms with E-state index in [0.29, 0.717) is 0 Å². The van der Waals surface area contributed by atoms with Gasteiger partial charge in [0.25, 0.3) is 0 Å². The molecule has 0 N–H and O–H groups in total. The van der Waals surface area contributed by atoms with Crippen molar-refractivity contribution in [2.45, 2.75) is 37.2 Å². The zero-order valence-corrected chi connectivity index (χ0v) is 8.38. The first kappa shape index (κ1) is 12.4. The second kappa shape index (κ2) is 4.60. The molecule has 0 aromatic heterocycles. The van der Waals surface area contributed by atoms with Crippen molar-refractivity contribution in [2.75, 3.05) is 0 Å². The summed E-state index contributed by atoms with van der Waals surface area (Å²) in [7, 11) is -0.113. The maximum absolute atomic E-state index is 12.4. The first-order valence-electron chi connectivity index (χ1n) is 3.45. The van der Waals surface area contributed by atoms with E-state index in [-0.39, 0.29) is 21.6 Å². The second-order valence-corrected chi connectivity index (χ2v) is 4.68. The van der Waals surface area contributed by atoms with Crippen LogP contribution in [0.5, 0.6) is 0 Å². The number of hydrogen-bond donors (Lipinski definition) is 0. The first-order chi connectivity index (χ1) is 5.33. The third kappa shape index (κ3) is 5.13. The largest absolute Gasteiger partial charge is 0.303 e. The standard InChI is InChI=1S/C6H10F4S2/c1-3-5(7,8)11-12-6(9,10)4-2/h3-4H2,1-2H3. The molecule has 0 radical (unpaired) electrons. The van der Waals surface area contributed by atoms with E-state index in [9.17, 15) is 17.6 Å². The van der Waals surface area contributed by atoms with E-state index in [0.717, 1.165) is 0 Å². The zero-order valence-electron chi connectivity index (χ0n) is 6.74. The van der Waals surface area contributed by atoms with Crippen LogP contribution in [0.1, 0.15) is 26.7 Å². The predicted octanol–water partition coefficient (Wildman–Crippen LogP) is 4.37. The van der Waals surface area contributed by atoms with Gasteiger partial charge in [0.2, 0.25) is 0 Å². The molecule has 0 amide bonds. The van der Waals surface area contributed by atoms with Crippen molar-refractivity contribution in [1.29, 1.82) is 0 Å². The Morgan fingerprint density at radius 1 is 0.833 bits per heavy atom. The summed E-state index contributed by atoms with van der Waals surface area (Å²) in [6.07, 6.45) is -0.852. The molecule has 0 nitrogen and oxygen atoms in total. The third-order valence-electron chi connectivity index (χ3n) is 1.11. The SMILES string of the molecule is CCC(F)(F)SSC(F)(F)CC. The van der Waals surface area contributed by atoms with E-state index in [1.54, 1.807) is 0 Å². The summed E-state index contributed by atoms with van der Waals surface area (Å²) in [6, 6.07) is 0. The molecule has 0 bridgehead atoms. The topological polar surface area (TPSA) is 0 Å². The van der Waals surface area contributed by atoms with Crippen molar-refractivity contribution in [1.82, 2.24) is 0 Å². The highest BCUT2D eigenvalue weighted by Crippen LogP contribution is 2.49. The Morgan fingerprint density at radius 3 is 1.25 bits per heavy atom. The fourth-order valence-corrected chi connectivity index (χ4v) is 2.16.